The maximum absolute atomic E-state index is 12.0. The summed E-state index contributed by atoms with van der Waals surface area (Å²) >= 11 is 0. The molecule has 4 heteroatoms. The van der Waals surface area contributed by atoms with Gasteiger partial charge in [0.1, 0.15) is 0 Å². The number of aromatic nitrogens is 1. The Balaban J connectivity index is 2.38. The van der Waals surface area contributed by atoms with Crippen LogP contribution in [0.2, 0.25) is 0 Å². The average molecular weight is 243 g/mol. The molecule has 0 aliphatic carbocycles. The number of carbonyl (C=O) groups excluding carboxylic acids is 1. The lowest BCUT2D eigenvalue weighted by Gasteiger charge is -2.18. The summed E-state index contributed by atoms with van der Waals surface area (Å²) in [4.78, 5) is 16.2. The number of fused-ring (bicyclic) bond motifs is 1. The lowest BCUT2D eigenvalue weighted by atomic mass is 10.1. The van der Waals surface area contributed by atoms with Crippen molar-refractivity contribution in [1.82, 2.24) is 4.98 Å². The van der Waals surface area contributed by atoms with Crippen LogP contribution in [0, 0.1) is 5.92 Å². The Morgan fingerprint density at radius 2 is 2.06 bits per heavy atom. The number of nitrogens with two attached hydrogens (primary N) is 1. The van der Waals surface area contributed by atoms with Gasteiger partial charge >= 0.3 is 0 Å². The zero-order chi connectivity index (χ0) is 13.1. The minimum Gasteiger partial charge on any atom is -0.273 e. The second-order valence-electron chi connectivity index (χ2n) is 4.72. The van der Waals surface area contributed by atoms with Crippen LogP contribution in [0.4, 0.5) is 5.82 Å². The number of rotatable bonds is 3. The highest BCUT2D eigenvalue weighted by atomic mass is 16.2. The largest absolute Gasteiger partial charge is 0.273 e. The van der Waals surface area contributed by atoms with Crippen LogP contribution >= 0.6 is 0 Å². The molecule has 0 aliphatic rings. The fourth-order valence-electron chi connectivity index (χ4n) is 1.86. The molecule has 0 spiro atoms. The van der Waals surface area contributed by atoms with Gasteiger partial charge in [0.2, 0.25) is 5.91 Å². The van der Waals surface area contributed by atoms with Crippen molar-refractivity contribution in [1.29, 1.82) is 0 Å². The summed E-state index contributed by atoms with van der Waals surface area (Å²) in [5.41, 5.74) is 0. The van der Waals surface area contributed by atoms with Crippen molar-refractivity contribution in [2.24, 2.45) is 11.8 Å². The van der Waals surface area contributed by atoms with Crippen LogP contribution < -0.4 is 10.9 Å². The highest BCUT2D eigenvalue weighted by Crippen LogP contribution is 2.23. The number of benzene rings is 1. The first-order chi connectivity index (χ1) is 8.59. The third kappa shape index (κ3) is 2.49. The van der Waals surface area contributed by atoms with Crippen LogP contribution in [-0.4, -0.2) is 10.9 Å². The first-order valence-corrected chi connectivity index (χ1v) is 6.01. The molecule has 1 aromatic carbocycles. The predicted molar refractivity (Wildman–Crippen MR) is 72.9 cm³/mol. The van der Waals surface area contributed by atoms with E-state index in [2.05, 4.69) is 4.98 Å². The number of hydrazine groups is 1. The van der Waals surface area contributed by atoms with E-state index in [1.165, 1.54) is 0 Å². The number of anilines is 1. The van der Waals surface area contributed by atoms with E-state index in [1.54, 1.807) is 6.20 Å². The van der Waals surface area contributed by atoms with Crippen molar-refractivity contribution in [3.63, 3.8) is 0 Å². The topological polar surface area (TPSA) is 59.2 Å². The van der Waals surface area contributed by atoms with Gasteiger partial charge in [0.15, 0.2) is 5.82 Å². The van der Waals surface area contributed by atoms with E-state index in [1.807, 2.05) is 44.2 Å². The van der Waals surface area contributed by atoms with Crippen LogP contribution in [0.1, 0.15) is 20.3 Å². The Labute approximate surface area is 106 Å². The quantitative estimate of drug-likeness (QED) is 0.512. The van der Waals surface area contributed by atoms with Gasteiger partial charge in [0.25, 0.3) is 0 Å². The van der Waals surface area contributed by atoms with E-state index >= 15 is 0 Å². The molecule has 4 nitrogen and oxygen atoms in total. The van der Waals surface area contributed by atoms with Crippen LogP contribution in [-0.2, 0) is 4.79 Å². The number of pyridine rings is 1. The van der Waals surface area contributed by atoms with Gasteiger partial charge in [-0.25, -0.2) is 15.8 Å². The monoisotopic (exact) mass is 243 g/mol. The Kier molecular flexibility index (Phi) is 3.58. The Hall–Kier alpha value is -1.94. The van der Waals surface area contributed by atoms with E-state index < -0.39 is 0 Å². The smallest absolute Gasteiger partial charge is 0.242 e. The summed E-state index contributed by atoms with van der Waals surface area (Å²) < 4.78 is 0. The van der Waals surface area contributed by atoms with Gasteiger partial charge in [0, 0.05) is 18.0 Å². The van der Waals surface area contributed by atoms with Gasteiger partial charge in [-0.2, -0.15) is 0 Å². The summed E-state index contributed by atoms with van der Waals surface area (Å²) in [5, 5.41) is 3.07. The van der Waals surface area contributed by atoms with Gasteiger partial charge < -0.3 is 0 Å². The highest BCUT2D eigenvalue weighted by molar-refractivity contribution is 6.01. The molecule has 0 saturated heterocycles. The Morgan fingerprint density at radius 1 is 1.33 bits per heavy atom. The SMILES string of the molecule is CC(C)CC(=O)N(N)c1nccc2ccccc12. The molecule has 0 fully saturated rings. The van der Waals surface area contributed by atoms with Gasteiger partial charge in [-0.1, -0.05) is 38.1 Å². The fourth-order valence-corrected chi connectivity index (χ4v) is 1.86. The van der Waals surface area contributed by atoms with Crippen molar-refractivity contribution in [2.45, 2.75) is 20.3 Å². The molecule has 2 rings (SSSR count). The Morgan fingerprint density at radius 3 is 2.78 bits per heavy atom. The summed E-state index contributed by atoms with van der Waals surface area (Å²) in [6.07, 6.45) is 2.08. The van der Waals surface area contributed by atoms with Gasteiger partial charge in [-0.3, -0.25) is 4.79 Å². The van der Waals surface area contributed by atoms with Crippen LogP contribution in [0.25, 0.3) is 10.8 Å². The van der Waals surface area contributed by atoms with Crippen molar-refractivity contribution in [2.75, 3.05) is 5.01 Å². The lowest BCUT2D eigenvalue weighted by molar-refractivity contribution is -0.119. The molecule has 94 valence electrons. The normalized spacial score (nSPS) is 10.9. The molecule has 0 aliphatic heterocycles. The molecule has 0 bridgehead atoms. The standard InChI is InChI=1S/C14H17N3O/c1-10(2)9-13(18)17(15)14-12-6-4-3-5-11(12)7-8-16-14/h3-8,10H,9,15H2,1-2H3. The lowest BCUT2D eigenvalue weighted by Crippen LogP contribution is -2.38. The van der Waals surface area contributed by atoms with Crippen molar-refractivity contribution in [3.05, 3.63) is 36.5 Å². The molecule has 2 aromatic rings. The first kappa shape index (κ1) is 12.5. The molecule has 0 radical (unpaired) electrons. The zero-order valence-corrected chi connectivity index (χ0v) is 10.6. The summed E-state index contributed by atoms with van der Waals surface area (Å²) in [5.74, 6) is 6.55. The number of amides is 1. The number of nitrogens with zero attached hydrogens (tertiary/aromatic N) is 2. The van der Waals surface area contributed by atoms with E-state index in [4.69, 9.17) is 5.84 Å². The molecular formula is C14H17N3O. The number of carbonyl (C=O) groups is 1. The van der Waals surface area contributed by atoms with Crippen LogP contribution in [0.15, 0.2) is 36.5 Å². The maximum Gasteiger partial charge on any atom is 0.242 e. The summed E-state index contributed by atoms with van der Waals surface area (Å²) in [7, 11) is 0. The minimum absolute atomic E-state index is 0.117. The molecule has 0 unspecified atom stereocenters. The molecule has 0 atom stereocenters. The van der Waals surface area contributed by atoms with E-state index in [9.17, 15) is 4.79 Å². The number of hydrogen-bond donors (Lipinski definition) is 1. The average Bonchev–Trinajstić information content (AvgIpc) is 2.36. The molecule has 1 amide bonds. The van der Waals surface area contributed by atoms with Gasteiger partial charge in [-0.05, 0) is 17.4 Å². The predicted octanol–water partition coefficient (Wildman–Crippen LogP) is 2.49. The second-order valence-corrected chi connectivity index (χ2v) is 4.72. The van der Waals surface area contributed by atoms with Crippen molar-refractivity contribution in [3.8, 4) is 0 Å². The van der Waals surface area contributed by atoms with Gasteiger partial charge in [-0.15, -0.1) is 0 Å². The van der Waals surface area contributed by atoms with Gasteiger partial charge in [0.05, 0.1) is 0 Å². The maximum atomic E-state index is 12.0. The molecule has 18 heavy (non-hydrogen) atoms. The zero-order valence-electron chi connectivity index (χ0n) is 10.6. The first-order valence-electron chi connectivity index (χ1n) is 6.01. The molecule has 2 N–H and O–H groups in total. The van der Waals surface area contributed by atoms with E-state index in [0.717, 1.165) is 15.8 Å². The molecule has 0 saturated carbocycles. The summed E-state index contributed by atoms with van der Waals surface area (Å²) in [6.45, 7) is 3.98. The number of hydrogen-bond acceptors (Lipinski definition) is 3. The van der Waals surface area contributed by atoms with E-state index in [-0.39, 0.29) is 11.8 Å². The second kappa shape index (κ2) is 5.14. The third-order valence-electron chi connectivity index (χ3n) is 2.73. The molecule has 1 aromatic heterocycles. The van der Waals surface area contributed by atoms with Crippen molar-refractivity contribution < 1.29 is 4.79 Å². The molecule has 1 heterocycles. The highest BCUT2D eigenvalue weighted by Gasteiger charge is 2.16. The summed E-state index contributed by atoms with van der Waals surface area (Å²) in [6, 6.07) is 9.65. The fraction of sp³-hybridized carbons (Fsp3) is 0.286. The van der Waals surface area contributed by atoms with E-state index in [0.29, 0.717) is 12.2 Å². The minimum atomic E-state index is -0.117. The third-order valence-corrected chi connectivity index (χ3v) is 2.73. The molecular weight excluding hydrogens is 226 g/mol. The van der Waals surface area contributed by atoms with Crippen LogP contribution in [0.3, 0.4) is 0 Å². The van der Waals surface area contributed by atoms with Crippen LogP contribution in [0.5, 0.6) is 0 Å². The van der Waals surface area contributed by atoms with Crippen molar-refractivity contribution >= 4 is 22.5 Å². The Bertz CT molecular complexity index is 560.